The van der Waals surface area contributed by atoms with Crippen molar-refractivity contribution in [1.29, 1.82) is 0 Å². The fourth-order valence-electron chi connectivity index (χ4n) is 4.31. The van der Waals surface area contributed by atoms with E-state index in [0.29, 0.717) is 24.2 Å². The Hall–Kier alpha value is -0.0100. The van der Waals surface area contributed by atoms with E-state index in [1.807, 2.05) is 21.1 Å². The normalized spacial score (nSPS) is 14.6. The van der Waals surface area contributed by atoms with Gasteiger partial charge in [0.1, 0.15) is 19.3 Å². The van der Waals surface area contributed by atoms with Crippen molar-refractivity contribution >= 4 is 7.82 Å². The Morgan fingerprint density at radius 1 is 0.730 bits per heavy atom. The van der Waals surface area contributed by atoms with Gasteiger partial charge >= 0.3 is 0 Å². The molecule has 0 amide bonds. The number of rotatable bonds is 29. The maximum Gasteiger partial charge on any atom is 0.268 e. The largest absolute Gasteiger partial charge is 0.756 e. The Bertz CT molecular complexity index is 531. The smallest absolute Gasteiger partial charge is 0.268 e. The van der Waals surface area contributed by atoms with Gasteiger partial charge in [-0.25, -0.2) is 0 Å². The van der Waals surface area contributed by atoms with Gasteiger partial charge in [-0.3, -0.25) is 4.57 Å². The highest BCUT2D eigenvalue weighted by Crippen LogP contribution is 2.39. The lowest BCUT2D eigenvalue weighted by atomic mass is 10.0. The van der Waals surface area contributed by atoms with E-state index in [1.165, 1.54) is 103 Å². The van der Waals surface area contributed by atoms with Crippen molar-refractivity contribution < 1.29 is 27.7 Å². The van der Waals surface area contributed by atoms with Gasteiger partial charge in [0.2, 0.25) is 0 Å². The van der Waals surface area contributed by atoms with E-state index in [9.17, 15) is 9.46 Å². The summed E-state index contributed by atoms with van der Waals surface area (Å²) in [4.78, 5) is 12.1. The molecule has 1 N–H and O–H groups in total. The number of likely N-dealkylation sites (N-methyl/N-ethyl adjacent to an activating group) is 2. The number of hydrogen-bond acceptors (Lipinski definition) is 6. The molecule has 224 valence electrons. The Morgan fingerprint density at radius 2 is 1.16 bits per heavy atom. The summed E-state index contributed by atoms with van der Waals surface area (Å²) in [6, 6.07) is 0. The molecule has 0 spiro atoms. The molecule has 37 heavy (non-hydrogen) atoms. The minimum atomic E-state index is -4.34. The lowest BCUT2D eigenvalue weighted by Crippen LogP contribution is -2.38. The Labute approximate surface area is 230 Å². The molecule has 7 nitrogen and oxygen atoms in total. The predicted octanol–water partition coefficient (Wildman–Crippen LogP) is 6.84. The molecule has 0 aromatic carbocycles. The maximum absolute atomic E-state index is 12.1. The first-order chi connectivity index (χ1) is 17.7. The van der Waals surface area contributed by atoms with Gasteiger partial charge in [0.05, 0.1) is 27.7 Å². The highest BCUT2D eigenvalue weighted by Gasteiger charge is 2.19. The molecule has 0 aliphatic rings. The molecule has 2 unspecified atom stereocenters. The SMILES string of the molecule is CCCCCCCCCCCCCCCCCCCCOCC(CNC)OP(=O)([O-])OCC[N+](C)(C)C. The van der Waals surface area contributed by atoms with E-state index in [4.69, 9.17) is 13.8 Å². The van der Waals surface area contributed by atoms with Crippen molar-refractivity contribution in [2.45, 2.75) is 129 Å². The first-order valence-electron chi connectivity index (χ1n) is 15.4. The van der Waals surface area contributed by atoms with Crippen LogP contribution in [0.1, 0.15) is 122 Å². The van der Waals surface area contributed by atoms with Crippen LogP contribution in [0.3, 0.4) is 0 Å². The minimum Gasteiger partial charge on any atom is -0.756 e. The third-order valence-corrected chi connectivity index (χ3v) is 7.72. The number of unbranched alkanes of at least 4 members (excludes halogenated alkanes) is 17. The van der Waals surface area contributed by atoms with Gasteiger partial charge in [-0.05, 0) is 13.5 Å². The van der Waals surface area contributed by atoms with Gasteiger partial charge in [0.15, 0.2) is 0 Å². The van der Waals surface area contributed by atoms with Gasteiger partial charge < -0.3 is 28.5 Å². The Balaban J connectivity index is 3.55. The summed E-state index contributed by atoms with van der Waals surface area (Å²) in [6.45, 7) is 4.24. The number of nitrogens with one attached hydrogen (secondary N) is 1. The summed E-state index contributed by atoms with van der Waals surface area (Å²) in [7, 11) is 3.38. The lowest BCUT2D eigenvalue weighted by Gasteiger charge is -2.30. The zero-order chi connectivity index (χ0) is 27.7. The van der Waals surface area contributed by atoms with Gasteiger partial charge in [-0.2, -0.15) is 0 Å². The van der Waals surface area contributed by atoms with Crippen LogP contribution < -0.4 is 10.2 Å². The fraction of sp³-hybridized carbons (Fsp3) is 1.00. The van der Waals surface area contributed by atoms with E-state index in [2.05, 4.69) is 12.2 Å². The molecular weight excluding hydrogens is 487 g/mol. The molecule has 0 saturated carbocycles. The van der Waals surface area contributed by atoms with Crippen LogP contribution in [0.2, 0.25) is 0 Å². The van der Waals surface area contributed by atoms with Gasteiger partial charge in [-0.15, -0.1) is 0 Å². The Morgan fingerprint density at radius 3 is 1.57 bits per heavy atom. The van der Waals surface area contributed by atoms with Crippen LogP contribution in [0.5, 0.6) is 0 Å². The number of quaternary nitrogens is 1. The monoisotopic (exact) mass is 550 g/mol. The molecule has 0 aromatic heterocycles. The van der Waals surface area contributed by atoms with E-state index in [1.54, 1.807) is 7.05 Å². The van der Waals surface area contributed by atoms with Gasteiger partial charge in [-0.1, -0.05) is 116 Å². The molecule has 0 heterocycles. The average Bonchev–Trinajstić information content (AvgIpc) is 2.81. The standard InChI is InChI=1S/C29H63N2O5P/c1-6-7-8-9-10-11-12-13-14-15-16-17-18-19-20-21-22-23-25-34-28-29(27-30-2)36-37(32,33)35-26-24-31(3,4)5/h29-30H,6-28H2,1-5H3. The van der Waals surface area contributed by atoms with Crippen LogP contribution in [0, 0.1) is 0 Å². The molecule has 8 heteroatoms. The average molecular weight is 551 g/mol. The summed E-state index contributed by atoms with van der Waals surface area (Å²) in [5, 5.41) is 2.96. The van der Waals surface area contributed by atoms with E-state index < -0.39 is 13.9 Å². The second kappa shape index (κ2) is 25.0. The topological polar surface area (TPSA) is 79.9 Å². The predicted molar refractivity (Wildman–Crippen MR) is 155 cm³/mol. The molecule has 0 aliphatic heterocycles. The van der Waals surface area contributed by atoms with E-state index in [-0.39, 0.29) is 13.2 Å². The van der Waals surface area contributed by atoms with Crippen molar-refractivity contribution in [3.63, 3.8) is 0 Å². The second-order valence-electron chi connectivity index (χ2n) is 11.7. The molecule has 0 saturated heterocycles. The molecule has 0 bridgehead atoms. The molecule has 0 radical (unpaired) electrons. The van der Waals surface area contributed by atoms with Crippen molar-refractivity contribution in [2.24, 2.45) is 0 Å². The maximum atomic E-state index is 12.1. The summed E-state index contributed by atoms with van der Waals surface area (Å²) < 4.78 is 28.7. The highest BCUT2D eigenvalue weighted by molar-refractivity contribution is 7.45. The number of phosphoric ester groups is 1. The quantitative estimate of drug-likeness (QED) is 0.0624. The number of phosphoric acid groups is 1. The first-order valence-corrected chi connectivity index (χ1v) is 16.8. The molecule has 0 aromatic rings. The third kappa shape index (κ3) is 28.8. The van der Waals surface area contributed by atoms with Crippen LogP contribution in [0.4, 0.5) is 0 Å². The minimum absolute atomic E-state index is 0.108. The molecule has 0 aliphatic carbocycles. The van der Waals surface area contributed by atoms with Crippen LogP contribution in [0.25, 0.3) is 0 Å². The fourth-order valence-corrected chi connectivity index (χ4v) is 5.18. The van der Waals surface area contributed by atoms with Crippen molar-refractivity contribution in [1.82, 2.24) is 5.32 Å². The van der Waals surface area contributed by atoms with E-state index >= 15 is 0 Å². The second-order valence-corrected chi connectivity index (χ2v) is 13.0. The number of ether oxygens (including phenoxy) is 1. The zero-order valence-electron chi connectivity index (χ0n) is 25.3. The molecule has 0 rings (SSSR count). The van der Waals surface area contributed by atoms with Gasteiger partial charge in [0.25, 0.3) is 7.82 Å². The van der Waals surface area contributed by atoms with Crippen LogP contribution in [-0.4, -0.2) is 71.7 Å². The van der Waals surface area contributed by atoms with Crippen LogP contribution in [-0.2, 0) is 18.3 Å². The zero-order valence-corrected chi connectivity index (χ0v) is 26.2. The molecule has 2 atom stereocenters. The van der Waals surface area contributed by atoms with Gasteiger partial charge in [0, 0.05) is 13.2 Å². The van der Waals surface area contributed by atoms with E-state index in [0.717, 1.165) is 12.8 Å². The van der Waals surface area contributed by atoms with Crippen LogP contribution in [0.15, 0.2) is 0 Å². The molecule has 0 fully saturated rings. The first kappa shape index (κ1) is 37.0. The highest BCUT2D eigenvalue weighted by atomic mass is 31.2. The number of hydrogen-bond donors (Lipinski definition) is 1. The number of nitrogens with zero attached hydrogens (tertiary/aromatic N) is 1. The van der Waals surface area contributed by atoms with Crippen LogP contribution >= 0.6 is 7.82 Å². The third-order valence-electron chi connectivity index (χ3n) is 6.67. The summed E-state index contributed by atoms with van der Waals surface area (Å²) >= 11 is 0. The lowest BCUT2D eigenvalue weighted by molar-refractivity contribution is -0.870. The Kier molecular flexibility index (Phi) is 25.0. The summed E-state index contributed by atoms with van der Waals surface area (Å²) in [5.41, 5.74) is 0. The molecular formula is C29H63N2O5P. The van der Waals surface area contributed by atoms with Crippen molar-refractivity contribution in [3.05, 3.63) is 0 Å². The summed E-state index contributed by atoms with van der Waals surface area (Å²) in [5.74, 6) is 0. The van der Waals surface area contributed by atoms with Crippen molar-refractivity contribution in [3.8, 4) is 0 Å². The van der Waals surface area contributed by atoms with Crippen molar-refractivity contribution in [2.75, 3.05) is 61.1 Å². The summed E-state index contributed by atoms with van der Waals surface area (Å²) in [6.07, 6.45) is 23.8.